The van der Waals surface area contributed by atoms with Crippen molar-refractivity contribution in [3.8, 4) is 0 Å². The number of nitrogens with one attached hydrogen (secondary N) is 1. The Morgan fingerprint density at radius 2 is 1.88 bits per heavy atom. The third kappa shape index (κ3) is 6.22. The molecular weight excluding hydrogens is 592 g/mol. The molecule has 2 atom stereocenters. The number of alkyl halides is 3. The molecule has 2 aromatic rings. The Balaban J connectivity index is 1.73. The highest BCUT2D eigenvalue weighted by Crippen LogP contribution is 2.43. The summed E-state index contributed by atoms with van der Waals surface area (Å²) >= 11 is 12.6. The number of hydrogen-bond donors (Lipinski definition) is 2. The molecule has 8 nitrogen and oxygen atoms in total. The molecule has 4 rings (SSSR count). The summed E-state index contributed by atoms with van der Waals surface area (Å²) in [4.78, 5) is 18.2. The molecule has 0 bridgehead atoms. The number of aliphatic hydroxyl groups excluding tert-OH is 1. The Kier molecular flexibility index (Phi) is 8.99. The summed E-state index contributed by atoms with van der Waals surface area (Å²) in [6, 6.07) is 4.96. The Bertz CT molecular complexity index is 1410. The van der Waals surface area contributed by atoms with Gasteiger partial charge in [-0.3, -0.25) is 14.6 Å². The molecule has 0 aromatic heterocycles. The van der Waals surface area contributed by atoms with Crippen LogP contribution >= 0.6 is 23.2 Å². The number of hydrogen-bond acceptors (Lipinski definition) is 7. The van der Waals surface area contributed by atoms with Crippen molar-refractivity contribution >= 4 is 44.6 Å². The van der Waals surface area contributed by atoms with Crippen molar-refractivity contribution in [3.63, 3.8) is 0 Å². The first-order valence-corrected chi connectivity index (χ1v) is 15.1. The zero-order valence-corrected chi connectivity index (χ0v) is 24.6. The molecule has 2 aliphatic rings. The van der Waals surface area contributed by atoms with Gasteiger partial charge >= 0.3 is 6.18 Å². The number of aliphatic hydroxyl groups is 1. The van der Waals surface area contributed by atoms with E-state index in [4.69, 9.17) is 23.2 Å². The molecule has 14 heteroatoms. The second-order valence-corrected chi connectivity index (χ2v) is 13.3. The Morgan fingerprint density at radius 3 is 2.50 bits per heavy atom. The van der Waals surface area contributed by atoms with E-state index >= 15 is 0 Å². The van der Waals surface area contributed by atoms with Gasteiger partial charge in [-0.25, -0.2) is 8.42 Å². The van der Waals surface area contributed by atoms with Crippen LogP contribution in [0.5, 0.6) is 0 Å². The number of anilines is 1. The summed E-state index contributed by atoms with van der Waals surface area (Å²) in [5, 5.41) is 13.4. The number of likely N-dealkylation sites (tertiary alicyclic amines) is 1. The molecule has 1 saturated heterocycles. The predicted molar refractivity (Wildman–Crippen MR) is 147 cm³/mol. The minimum absolute atomic E-state index is 0.0816. The van der Waals surface area contributed by atoms with Crippen molar-refractivity contribution < 1.29 is 31.5 Å². The molecule has 1 amide bonds. The molecule has 2 aromatic carbocycles. The molecule has 40 heavy (non-hydrogen) atoms. The number of halogens is 5. The van der Waals surface area contributed by atoms with Crippen LogP contribution in [0.2, 0.25) is 10.0 Å². The Morgan fingerprint density at radius 1 is 1.18 bits per heavy atom. The van der Waals surface area contributed by atoms with Gasteiger partial charge in [0.05, 0.1) is 39.0 Å². The highest BCUT2D eigenvalue weighted by atomic mass is 35.5. The molecule has 1 fully saturated rings. The Hall–Kier alpha value is -2.09. The summed E-state index contributed by atoms with van der Waals surface area (Å²) in [5.41, 5.74) is -1.58. The lowest BCUT2D eigenvalue weighted by molar-refractivity contribution is -0.138. The smallest absolute Gasteiger partial charge is 0.356 e. The third-order valence-corrected chi connectivity index (χ3v) is 9.88. The van der Waals surface area contributed by atoms with Crippen LogP contribution in [0.25, 0.3) is 0 Å². The van der Waals surface area contributed by atoms with Gasteiger partial charge in [0, 0.05) is 24.2 Å². The maximum atomic E-state index is 14.3. The lowest BCUT2D eigenvalue weighted by Gasteiger charge is -2.38. The van der Waals surface area contributed by atoms with Gasteiger partial charge in [-0.15, -0.1) is 0 Å². The monoisotopic (exact) mass is 622 g/mol. The van der Waals surface area contributed by atoms with Crippen molar-refractivity contribution in [2.45, 2.75) is 56.3 Å². The topological polar surface area (TPSA) is 93.2 Å². The van der Waals surface area contributed by atoms with Gasteiger partial charge in [-0.05, 0) is 68.9 Å². The average Bonchev–Trinajstić information content (AvgIpc) is 2.87. The van der Waals surface area contributed by atoms with Crippen LogP contribution in [0.4, 0.5) is 18.9 Å². The van der Waals surface area contributed by atoms with E-state index in [1.54, 1.807) is 0 Å². The van der Waals surface area contributed by atoms with Gasteiger partial charge in [0.2, 0.25) is 6.35 Å². The number of likely N-dealkylation sites (N-methyl/N-ethyl adjacent to an activating group) is 1. The largest absolute Gasteiger partial charge is 0.416 e. The minimum atomic E-state index is -4.80. The fourth-order valence-electron chi connectivity index (χ4n) is 5.17. The fraction of sp³-hybridized carbons (Fsp3) is 0.500. The van der Waals surface area contributed by atoms with Crippen molar-refractivity contribution in [2.75, 3.05) is 38.3 Å². The zero-order valence-electron chi connectivity index (χ0n) is 22.2. The van der Waals surface area contributed by atoms with E-state index in [-0.39, 0.29) is 55.7 Å². The van der Waals surface area contributed by atoms with E-state index in [1.165, 1.54) is 25.1 Å². The van der Waals surface area contributed by atoms with Crippen LogP contribution in [0, 0.1) is 0 Å². The van der Waals surface area contributed by atoms with Gasteiger partial charge in [0.1, 0.15) is 0 Å². The summed E-state index contributed by atoms with van der Waals surface area (Å²) in [6.07, 6.45) is -4.75. The average molecular weight is 624 g/mol. The number of carbonyl (C=O) groups excluding carboxylic acids is 1. The number of benzene rings is 2. The van der Waals surface area contributed by atoms with E-state index in [0.29, 0.717) is 13.1 Å². The van der Waals surface area contributed by atoms with E-state index in [1.807, 2.05) is 23.9 Å². The van der Waals surface area contributed by atoms with E-state index in [2.05, 4.69) is 5.32 Å². The van der Waals surface area contributed by atoms with Crippen molar-refractivity contribution in [3.05, 3.63) is 56.6 Å². The van der Waals surface area contributed by atoms with Crippen molar-refractivity contribution in [1.29, 1.82) is 0 Å². The first-order valence-electron chi connectivity index (χ1n) is 12.7. The highest BCUT2D eigenvalue weighted by molar-refractivity contribution is 7.91. The van der Waals surface area contributed by atoms with Crippen molar-refractivity contribution in [1.82, 2.24) is 14.7 Å². The van der Waals surface area contributed by atoms with Crippen LogP contribution in [-0.2, 0) is 29.1 Å². The molecule has 220 valence electrons. The third-order valence-electron chi connectivity index (χ3n) is 7.40. The number of rotatable bonds is 7. The van der Waals surface area contributed by atoms with Gasteiger partial charge in [-0.1, -0.05) is 30.1 Å². The van der Waals surface area contributed by atoms with E-state index in [9.17, 15) is 31.5 Å². The number of sulfone groups is 1. The quantitative estimate of drug-likeness (QED) is 0.463. The molecule has 1 unspecified atom stereocenters. The van der Waals surface area contributed by atoms with Crippen LogP contribution in [-0.4, -0.2) is 79.5 Å². The Labute approximate surface area is 241 Å². The maximum absolute atomic E-state index is 14.3. The van der Waals surface area contributed by atoms with Gasteiger partial charge in [0.25, 0.3) is 5.91 Å². The van der Waals surface area contributed by atoms with Crippen LogP contribution in [0.1, 0.15) is 46.8 Å². The van der Waals surface area contributed by atoms with Gasteiger partial charge in [0.15, 0.2) is 9.84 Å². The van der Waals surface area contributed by atoms with E-state index in [0.717, 1.165) is 23.8 Å². The lowest BCUT2D eigenvalue weighted by atomic mass is 9.97. The van der Waals surface area contributed by atoms with Gasteiger partial charge in [-0.2, -0.15) is 13.2 Å². The normalized spacial score (nSPS) is 20.6. The maximum Gasteiger partial charge on any atom is 0.416 e. The number of piperidine rings is 1. The standard InChI is InChI=1S/C26H31Cl2F3N4O4S/c1-4-40(38,39)21-8-7-16(27)10-15(21)12-35-24(36)18-11-20(26(29,30)31)19(22(28)23(18)32-25(35)37)14-34-9-5-6-17(13-34)33(2)3/h7-8,10-11,17,25,32,37H,4-6,9,12-14H2,1-3H3/t17-,25?/m1/s1. The SMILES string of the molecule is CCS(=O)(=O)c1ccc(Cl)cc1CN1C(=O)c2cc(C(F)(F)F)c(CN3CCC[C@@H](N(C)C)C3)c(Cl)c2NC1O. The molecule has 0 spiro atoms. The fourth-order valence-corrected chi connectivity index (χ4v) is 6.80. The molecule has 0 radical (unpaired) electrons. The predicted octanol–water partition coefficient (Wildman–Crippen LogP) is 4.68. The summed E-state index contributed by atoms with van der Waals surface area (Å²) < 4.78 is 68.2. The number of fused-ring (bicyclic) bond motifs is 1. The molecular formula is C26H31Cl2F3N4O4S. The van der Waals surface area contributed by atoms with E-state index < -0.39 is 40.4 Å². The molecule has 0 saturated carbocycles. The number of amides is 1. The first-order chi connectivity index (χ1) is 18.6. The number of carbonyl (C=O) groups is 1. The van der Waals surface area contributed by atoms with Gasteiger partial charge < -0.3 is 15.3 Å². The van der Waals surface area contributed by atoms with Crippen molar-refractivity contribution in [2.24, 2.45) is 0 Å². The van der Waals surface area contributed by atoms with Crippen LogP contribution in [0.15, 0.2) is 29.2 Å². The molecule has 2 N–H and O–H groups in total. The zero-order chi connectivity index (χ0) is 29.6. The van der Waals surface area contributed by atoms with Crippen LogP contribution in [0.3, 0.4) is 0 Å². The summed E-state index contributed by atoms with van der Waals surface area (Å²) in [5.74, 6) is -1.16. The highest BCUT2D eigenvalue weighted by Gasteiger charge is 2.41. The minimum Gasteiger partial charge on any atom is -0.356 e. The molecule has 0 aliphatic carbocycles. The second-order valence-electron chi connectivity index (χ2n) is 10.2. The number of nitrogens with zero attached hydrogens (tertiary/aromatic N) is 3. The van der Waals surface area contributed by atoms with Crippen LogP contribution < -0.4 is 5.32 Å². The first kappa shape index (κ1) is 30.9. The molecule has 2 aliphatic heterocycles. The summed E-state index contributed by atoms with van der Waals surface area (Å²) in [6.45, 7) is 2.10. The molecule has 2 heterocycles. The summed E-state index contributed by atoms with van der Waals surface area (Å²) in [7, 11) is 0.119. The lowest BCUT2D eigenvalue weighted by Crippen LogP contribution is -2.48. The second kappa shape index (κ2) is 11.7.